The van der Waals surface area contributed by atoms with Gasteiger partial charge in [0, 0.05) is 24.2 Å². The zero-order chi connectivity index (χ0) is 14.5. The van der Waals surface area contributed by atoms with Crippen molar-refractivity contribution in [3.8, 4) is 5.75 Å². The molecular formula is C18H28N2O. The standard InChI is InChI=1S/C18H28N2O/c1-21-18-11-5-2-7-14(18)13-20-17-9-4-3-8-15(17)16-10-6-12-19-16/h2,5,7,11,15-17,19-20H,3-4,6,8-10,12-13H2,1H3. The van der Waals surface area contributed by atoms with Gasteiger partial charge < -0.3 is 15.4 Å². The third-order valence-corrected chi connectivity index (χ3v) is 5.18. The molecule has 116 valence electrons. The van der Waals surface area contributed by atoms with E-state index in [9.17, 15) is 0 Å². The van der Waals surface area contributed by atoms with Crippen LogP contribution in [0.25, 0.3) is 0 Å². The SMILES string of the molecule is COc1ccccc1CNC1CCCCC1C1CCCN1. The Labute approximate surface area is 128 Å². The van der Waals surface area contributed by atoms with E-state index in [-0.39, 0.29) is 0 Å². The predicted molar refractivity (Wildman–Crippen MR) is 86.6 cm³/mol. The van der Waals surface area contributed by atoms with E-state index in [1.165, 1.54) is 50.6 Å². The van der Waals surface area contributed by atoms with Crippen LogP contribution in [0.2, 0.25) is 0 Å². The van der Waals surface area contributed by atoms with E-state index in [1.54, 1.807) is 7.11 Å². The fourth-order valence-electron chi connectivity index (χ4n) is 4.06. The lowest BCUT2D eigenvalue weighted by Gasteiger charge is -2.36. The largest absolute Gasteiger partial charge is 0.496 e. The van der Waals surface area contributed by atoms with Crippen molar-refractivity contribution >= 4 is 0 Å². The summed E-state index contributed by atoms with van der Waals surface area (Å²) in [5, 5.41) is 7.53. The smallest absolute Gasteiger partial charge is 0.123 e. The fraction of sp³-hybridized carbons (Fsp3) is 0.667. The summed E-state index contributed by atoms with van der Waals surface area (Å²) < 4.78 is 5.46. The van der Waals surface area contributed by atoms with Crippen molar-refractivity contribution in [2.45, 2.75) is 57.2 Å². The molecule has 1 aromatic carbocycles. The third-order valence-electron chi connectivity index (χ3n) is 5.18. The van der Waals surface area contributed by atoms with Crippen LogP contribution in [-0.2, 0) is 6.54 Å². The van der Waals surface area contributed by atoms with Gasteiger partial charge in [0.25, 0.3) is 0 Å². The molecule has 1 heterocycles. The number of hydrogen-bond acceptors (Lipinski definition) is 3. The topological polar surface area (TPSA) is 33.3 Å². The molecular weight excluding hydrogens is 260 g/mol. The number of benzene rings is 1. The summed E-state index contributed by atoms with van der Waals surface area (Å²) in [6, 6.07) is 9.73. The van der Waals surface area contributed by atoms with Crippen molar-refractivity contribution in [3.63, 3.8) is 0 Å². The second-order valence-electron chi connectivity index (χ2n) is 6.45. The average molecular weight is 288 g/mol. The molecule has 21 heavy (non-hydrogen) atoms. The van der Waals surface area contributed by atoms with E-state index in [1.807, 2.05) is 12.1 Å². The van der Waals surface area contributed by atoms with Gasteiger partial charge in [-0.15, -0.1) is 0 Å². The molecule has 1 aliphatic heterocycles. The zero-order valence-electron chi connectivity index (χ0n) is 13.1. The normalized spacial score (nSPS) is 29.5. The fourth-order valence-corrected chi connectivity index (χ4v) is 4.06. The Hall–Kier alpha value is -1.06. The Morgan fingerprint density at radius 1 is 1.14 bits per heavy atom. The maximum Gasteiger partial charge on any atom is 0.123 e. The molecule has 1 saturated heterocycles. The first-order chi connectivity index (χ1) is 10.4. The van der Waals surface area contributed by atoms with Crippen LogP contribution in [0.5, 0.6) is 5.75 Å². The number of nitrogens with one attached hydrogen (secondary N) is 2. The van der Waals surface area contributed by atoms with E-state index >= 15 is 0 Å². The quantitative estimate of drug-likeness (QED) is 0.873. The Kier molecular flexibility index (Phi) is 5.15. The van der Waals surface area contributed by atoms with Gasteiger partial charge in [-0.3, -0.25) is 0 Å². The average Bonchev–Trinajstić information content (AvgIpc) is 3.08. The molecule has 0 bridgehead atoms. The molecule has 2 aliphatic rings. The molecule has 1 aromatic rings. The maximum atomic E-state index is 5.46. The second-order valence-corrected chi connectivity index (χ2v) is 6.45. The predicted octanol–water partition coefficient (Wildman–Crippen LogP) is 3.10. The lowest BCUT2D eigenvalue weighted by Crippen LogP contribution is -2.46. The van der Waals surface area contributed by atoms with Gasteiger partial charge in [-0.05, 0) is 44.2 Å². The van der Waals surface area contributed by atoms with Crippen LogP contribution in [0.4, 0.5) is 0 Å². The van der Waals surface area contributed by atoms with E-state index in [0.717, 1.165) is 24.3 Å². The number of para-hydroxylation sites is 1. The molecule has 3 nitrogen and oxygen atoms in total. The molecule has 0 amide bonds. The number of methoxy groups -OCH3 is 1. The summed E-state index contributed by atoms with van der Waals surface area (Å²) in [6.07, 6.45) is 8.17. The minimum atomic E-state index is 0.652. The van der Waals surface area contributed by atoms with Gasteiger partial charge in [0.1, 0.15) is 5.75 Å². The molecule has 2 N–H and O–H groups in total. The first-order valence-electron chi connectivity index (χ1n) is 8.47. The number of hydrogen-bond donors (Lipinski definition) is 2. The molecule has 0 spiro atoms. The maximum absolute atomic E-state index is 5.46. The zero-order valence-corrected chi connectivity index (χ0v) is 13.1. The van der Waals surface area contributed by atoms with Crippen LogP contribution in [-0.4, -0.2) is 25.7 Å². The molecule has 3 rings (SSSR count). The van der Waals surface area contributed by atoms with E-state index in [2.05, 4.69) is 22.8 Å². The van der Waals surface area contributed by atoms with Crippen LogP contribution in [0, 0.1) is 5.92 Å². The van der Waals surface area contributed by atoms with Crippen molar-refractivity contribution in [1.29, 1.82) is 0 Å². The van der Waals surface area contributed by atoms with E-state index in [4.69, 9.17) is 4.74 Å². The van der Waals surface area contributed by atoms with Crippen molar-refractivity contribution in [1.82, 2.24) is 10.6 Å². The molecule has 3 unspecified atom stereocenters. The van der Waals surface area contributed by atoms with Gasteiger partial charge in [-0.1, -0.05) is 31.0 Å². The van der Waals surface area contributed by atoms with Crippen molar-refractivity contribution in [2.75, 3.05) is 13.7 Å². The van der Waals surface area contributed by atoms with E-state index in [0.29, 0.717) is 6.04 Å². The molecule has 3 heteroatoms. The van der Waals surface area contributed by atoms with E-state index < -0.39 is 0 Å². The van der Waals surface area contributed by atoms with Crippen LogP contribution in [0.1, 0.15) is 44.1 Å². The lowest BCUT2D eigenvalue weighted by molar-refractivity contribution is 0.213. The highest BCUT2D eigenvalue weighted by atomic mass is 16.5. The minimum absolute atomic E-state index is 0.652. The first kappa shape index (κ1) is 14.9. The van der Waals surface area contributed by atoms with Crippen LogP contribution in [0.15, 0.2) is 24.3 Å². The number of ether oxygens (including phenoxy) is 1. The van der Waals surface area contributed by atoms with Crippen molar-refractivity contribution < 1.29 is 4.74 Å². The van der Waals surface area contributed by atoms with Crippen molar-refractivity contribution in [3.05, 3.63) is 29.8 Å². The minimum Gasteiger partial charge on any atom is -0.496 e. The van der Waals surface area contributed by atoms with Gasteiger partial charge in [0.15, 0.2) is 0 Å². The first-order valence-corrected chi connectivity index (χ1v) is 8.47. The summed E-state index contributed by atoms with van der Waals surface area (Å²) >= 11 is 0. The molecule has 0 aromatic heterocycles. The second kappa shape index (κ2) is 7.28. The summed E-state index contributed by atoms with van der Waals surface area (Å²) in [5.74, 6) is 1.80. The molecule has 1 saturated carbocycles. The highest BCUT2D eigenvalue weighted by molar-refractivity contribution is 5.33. The Morgan fingerprint density at radius 3 is 2.81 bits per heavy atom. The molecule has 0 radical (unpaired) electrons. The van der Waals surface area contributed by atoms with Gasteiger partial charge in [-0.2, -0.15) is 0 Å². The highest BCUT2D eigenvalue weighted by Gasteiger charge is 2.32. The van der Waals surface area contributed by atoms with Gasteiger partial charge >= 0.3 is 0 Å². The Bertz CT molecular complexity index is 443. The summed E-state index contributed by atoms with van der Waals surface area (Å²) in [6.45, 7) is 2.12. The highest BCUT2D eigenvalue weighted by Crippen LogP contribution is 2.31. The Balaban J connectivity index is 1.61. The lowest BCUT2D eigenvalue weighted by atomic mass is 9.79. The Morgan fingerprint density at radius 2 is 2.00 bits per heavy atom. The molecule has 3 atom stereocenters. The molecule has 2 fully saturated rings. The number of rotatable bonds is 5. The summed E-state index contributed by atoms with van der Waals surface area (Å²) in [7, 11) is 1.75. The summed E-state index contributed by atoms with van der Waals surface area (Å²) in [5.41, 5.74) is 1.27. The van der Waals surface area contributed by atoms with Crippen LogP contribution >= 0.6 is 0 Å². The summed E-state index contributed by atoms with van der Waals surface area (Å²) in [4.78, 5) is 0. The van der Waals surface area contributed by atoms with Crippen molar-refractivity contribution in [2.24, 2.45) is 5.92 Å². The van der Waals surface area contributed by atoms with Crippen LogP contribution < -0.4 is 15.4 Å². The van der Waals surface area contributed by atoms with Gasteiger partial charge in [0.05, 0.1) is 7.11 Å². The monoisotopic (exact) mass is 288 g/mol. The van der Waals surface area contributed by atoms with Gasteiger partial charge in [0.2, 0.25) is 0 Å². The third kappa shape index (κ3) is 3.58. The van der Waals surface area contributed by atoms with Crippen LogP contribution in [0.3, 0.4) is 0 Å². The van der Waals surface area contributed by atoms with Gasteiger partial charge in [-0.25, -0.2) is 0 Å². The molecule has 1 aliphatic carbocycles.